The normalized spacial score (nSPS) is 12.9. The molecule has 60 heavy (non-hydrogen) atoms. The highest BCUT2D eigenvalue weighted by atomic mass is 16.6. The molecule has 0 aliphatic rings. The molecule has 0 radical (unpaired) electrons. The van der Waals surface area contributed by atoms with Gasteiger partial charge in [0.25, 0.3) is 0 Å². The van der Waals surface area contributed by atoms with E-state index in [0.29, 0.717) is 12.8 Å². The molecule has 6 heteroatoms. The van der Waals surface area contributed by atoms with E-state index in [1.54, 1.807) is 0 Å². The second-order valence-electron chi connectivity index (χ2n) is 15.7. The number of allylic oxidation sites excluding steroid dienone is 16. The van der Waals surface area contributed by atoms with E-state index in [9.17, 15) is 14.4 Å². The molecule has 340 valence electrons. The Labute approximate surface area is 368 Å². The molecule has 0 saturated heterocycles. The van der Waals surface area contributed by atoms with Crippen LogP contribution in [0.4, 0.5) is 0 Å². The lowest BCUT2D eigenvalue weighted by molar-refractivity contribution is -0.166. The van der Waals surface area contributed by atoms with E-state index in [4.69, 9.17) is 14.2 Å². The zero-order valence-electron chi connectivity index (χ0n) is 38.7. The minimum absolute atomic E-state index is 0.108. The molecule has 0 bridgehead atoms. The highest BCUT2D eigenvalue weighted by molar-refractivity contribution is 5.71. The lowest BCUT2D eigenvalue weighted by atomic mass is 10.0. The molecule has 0 aliphatic heterocycles. The summed E-state index contributed by atoms with van der Waals surface area (Å²) in [6.45, 7) is 6.29. The number of ether oxygens (including phenoxy) is 3. The molecule has 1 atom stereocenters. The SMILES string of the molecule is CC/C=C/C=C/C=C/CCCCCCCC(=O)OC(COC(=O)CC/C=C/C/C=C/C/C=C/C/C=C/C/C=C/CC)COC(=O)CCCCCCCCCCCCCCC. The fourth-order valence-electron chi connectivity index (χ4n) is 6.31. The van der Waals surface area contributed by atoms with Gasteiger partial charge in [0.2, 0.25) is 0 Å². The first-order valence-electron chi connectivity index (χ1n) is 24.3. The molecule has 0 N–H and O–H groups in total. The number of carbonyl (C=O) groups is 3. The van der Waals surface area contributed by atoms with Crippen LogP contribution >= 0.6 is 0 Å². The Morgan fingerprint density at radius 1 is 0.367 bits per heavy atom. The van der Waals surface area contributed by atoms with Crippen molar-refractivity contribution in [3.8, 4) is 0 Å². The Hall–Kier alpha value is -3.67. The Balaban J connectivity index is 4.53. The summed E-state index contributed by atoms with van der Waals surface area (Å²) in [5.41, 5.74) is 0. The van der Waals surface area contributed by atoms with Crippen LogP contribution in [0.15, 0.2) is 97.2 Å². The largest absolute Gasteiger partial charge is 0.462 e. The number of rotatable bonds is 42. The van der Waals surface area contributed by atoms with Gasteiger partial charge >= 0.3 is 17.9 Å². The Morgan fingerprint density at radius 3 is 1.27 bits per heavy atom. The third-order valence-electron chi connectivity index (χ3n) is 9.91. The smallest absolute Gasteiger partial charge is 0.306 e. The van der Waals surface area contributed by atoms with Crippen LogP contribution in [0.5, 0.6) is 0 Å². The molecule has 0 fully saturated rings. The highest BCUT2D eigenvalue weighted by Crippen LogP contribution is 2.14. The molecule has 0 aliphatic carbocycles. The number of carbonyl (C=O) groups excluding carboxylic acids is 3. The fourth-order valence-corrected chi connectivity index (χ4v) is 6.31. The average Bonchev–Trinajstić information content (AvgIpc) is 3.24. The van der Waals surface area contributed by atoms with Gasteiger partial charge in [-0.25, -0.2) is 0 Å². The van der Waals surface area contributed by atoms with Crippen molar-refractivity contribution in [3.63, 3.8) is 0 Å². The summed E-state index contributed by atoms with van der Waals surface area (Å²) in [7, 11) is 0. The molecule has 0 amide bonds. The van der Waals surface area contributed by atoms with Gasteiger partial charge in [-0.05, 0) is 70.6 Å². The molecule has 6 nitrogen and oxygen atoms in total. The molecular formula is C54H88O6. The topological polar surface area (TPSA) is 78.9 Å². The molecular weight excluding hydrogens is 745 g/mol. The first-order valence-corrected chi connectivity index (χ1v) is 24.3. The van der Waals surface area contributed by atoms with Crippen LogP contribution in [0, 0.1) is 0 Å². The third kappa shape index (κ3) is 45.4. The minimum Gasteiger partial charge on any atom is -0.462 e. The second kappa shape index (κ2) is 48.0. The monoisotopic (exact) mass is 833 g/mol. The van der Waals surface area contributed by atoms with Gasteiger partial charge in [0.05, 0.1) is 0 Å². The van der Waals surface area contributed by atoms with Crippen molar-refractivity contribution >= 4 is 17.9 Å². The van der Waals surface area contributed by atoms with Crippen LogP contribution in [-0.4, -0.2) is 37.2 Å². The molecule has 0 saturated carbocycles. The van der Waals surface area contributed by atoms with Gasteiger partial charge in [0.15, 0.2) is 6.10 Å². The Kier molecular flexibility index (Phi) is 45.1. The summed E-state index contributed by atoms with van der Waals surface area (Å²) < 4.78 is 16.7. The van der Waals surface area contributed by atoms with E-state index in [0.717, 1.165) is 96.3 Å². The average molecular weight is 833 g/mol. The zero-order valence-corrected chi connectivity index (χ0v) is 38.7. The van der Waals surface area contributed by atoms with E-state index in [1.807, 2.05) is 18.2 Å². The Bertz CT molecular complexity index is 1230. The van der Waals surface area contributed by atoms with Crippen LogP contribution in [0.2, 0.25) is 0 Å². The molecule has 0 aromatic rings. The highest BCUT2D eigenvalue weighted by Gasteiger charge is 2.19. The molecule has 0 aromatic carbocycles. The summed E-state index contributed by atoms with van der Waals surface area (Å²) in [5.74, 6) is -1.02. The van der Waals surface area contributed by atoms with Crippen LogP contribution in [0.25, 0.3) is 0 Å². The van der Waals surface area contributed by atoms with Crippen LogP contribution in [-0.2, 0) is 28.6 Å². The quantitative estimate of drug-likeness (QED) is 0.0200. The third-order valence-corrected chi connectivity index (χ3v) is 9.91. The maximum atomic E-state index is 12.7. The number of unbranched alkanes of at least 4 members (excludes halogenated alkanes) is 17. The zero-order chi connectivity index (χ0) is 43.7. The van der Waals surface area contributed by atoms with E-state index < -0.39 is 6.10 Å². The predicted molar refractivity (Wildman–Crippen MR) is 256 cm³/mol. The first-order chi connectivity index (χ1) is 29.5. The van der Waals surface area contributed by atoms with Crippen molar-refractivity contribution in [3.05, 3.63) is 97.2 Å². The van der Waals surface area contributed by atoms with Gasteiger partial charge < -0.3 is 14.2 Å². The van der Waals surface area contributed by atoms with Gasteiger partial charge in [-0.15, -0.1) is 0 Å². The van der Waals surface area contributed by atoms with Gasteiger partial charge in [-0.2, -0.15) is 0 Å². The van der Waals surface area contributed by atoms with E-state index in [1.165, 1.54) is 64.2 Å². The van der Waals surface area contributed by atoms with Crippen molar-refractivity contribution < 1.29 is 28.6 Å². The van der Waals surface area contributed by atoms with E-state index in [2.05, 4.69) is 99.8 Å². The maximum absolute atomic E-state index is 12.7. The molecule has 0 aromatic heterocycles. The Morgan fingerprint density at radius 2 is 0.767 bits per heavy atom. The fraction of sp³-hybridized carbons (Fsp3) is 0.648. The molecule has 0 rings (SSSR count). The summed E-state index contributed by atoms with van der Waals surface area (Å²) in [5, 5.41) is 0. The maximum Gasteiger partial charge on any atom is 0.306 e. The standard InChI is InChI=1S/C54H88O6/c1-4-7-10-13-16-19-22-25-26-27-30-32-35-38-41-44-47-53(56)59-50-51(60-54(57)48-45-42-39-36-33-29-24-21-18-15-12-9-6-3)49-58-52(55)46-43-40-37-34-31-28-23-20-17-14-11-8-5-2/h7,9-10,12,15-16,18-19,21,24-26,30,32,38,41,51H,4-6,8,11,13-14,17,20,22-23,27-29,31,33-37,39-40,42-50H2,1-3H3/b10-7+,12-9+,18-15+,19-16+,24-21+,26-25+,32-30+,41-38+. The lowest BCUT2D eigenvalue weighted by Crippen LogP contribution is -2.30. The molecule has 0 heterocycles. The number of hydrogen-bond acceptors (Lipinski definition) is 6. The van der Waals surface area contributed by atoms with Crippen molar-refractivity contribution in [2.75, 3.05) is 13.2 Å². The van der Waals surface area contributed by atoms with Crippen molar-refractivity contribution in [1.82, 2.24) is 0 Å². The molecule has 1 unspecified atom stereocenters. The van der Waals surface area contributed by atoms with Crippen molar-refractivity contribution in [2.45, 2.75) is 213 Å². The summed E-state index contributed by atoms with van der Waals surface area (Å²) in [4.78, 5) is 37.8. The van der Waals surface area contributed by atoms with Gasteiger partial charge in [-0.3, -0.25) is 14.4 Å². The first kappa shape index (κ1) is 56.3. The van der Waals surface area contributed by atoms with Gasteiger partial charge in [-0.1, -0.05) is 214 Å². The van der Waals surface area contributed by atoms with E-state index >= 15 is 0 Å². The van der Waals surface area contributed by atoms with Gasteiger partial charge in [0, 0.05) is 19.3 Å². The number of esters is 3. The van der Waals surface area contributed by atoms with Crippen LogP contribution < -0.4 is 0 Å². The van der Waals surface area contributed by atoms with E-state index in [-0.39, 0.29) is 44.0 Å². The molecule has 0 spiro atoms. The summed E-state index contributed by atoms with van der Waals surface area (Å²) in [6.07, 6.45) is 62.6. The minimum atomic E-state index is -0.816. The summed E-state index contributed by atoms with van der Waals surface area (Å²) >= 11 is 0. The summed E-state index contributed by atoms with van der Waals surface area (Å²) in [6, 6.07) is 0. The van der Waals surface area contributed by atoms with Crippen molar-refractivity contribution in [1.29, 1.82) is 0 Å². The van der Waals surface area contributed by atoms with Gasteiger partial charge in [0.1, 0.15) is 13.2 Å². The second-order valence-corrected chi connectivity index (χ2v) is 15.7. The lowest BCUT2D eigenvalue weighted by Gasteiger charge is -2.18. The number of hydrogen-bond donors (Lipinski definition) is 0. The van der Waals surface area contributed by atoms with Crippen LogP contribution in [0.1, 0.15) is 207 Å². The predicted octanol–water partition coefficient (Wildman–Crippen LogP) is 15.8. The van der Waals surface area contributed by atoms with Crippen molar-refractivity contribution in [2.24, 2.45) is 0 Å². The van der Waals surface area contributed by atoms with Crippen LogP contribution in [0.3, 0.4) is 0 Å².